The zero-order chi connectivity index (χ0) is 22.5. The van der Waals surface area contributed by atoms with Crippen LogP contribution in [0.25, 0.3) is 10.9 Å². The van der Waals surface area contributed by atoms with E-state index in [2.05, 4.69) is 90.4 Å². The van der Waals surface area contributed by atoms with E-state index in [1.165, 1.54) is 16.6 Å². The minimum absolute atomic E-state index is 0.194. The van der Waals surface area contributed by atoms with Crippen molar-refractivity contribution in [3.8, 4) is 0 Å². The van der Waals surface area contributed by atoms with E-state index in [0.717, 1.165) is 42.1 Å². The van der Waals surface area contributed by atoms with E-state index in [4.69, 9.17) is 17.2 Å². The highest BCUT2D eigenvalue weighted by Gasteiger charge is 2.22. The first-order valence-electron chi connectivity index (χ1n) is 11.4. The van der Waals surface area contributed by atoms with Crippen LogP contribution in [0.5, 0.6) is 0 Å². The van der Waals surface area contributed by atoms with Crippen LogP contribution < -0.4 is 20.9 Å². The summed E-state index contributed by atoms with van der Waals surface area (Å²) in [7, 11) is 4.16. The van der Waals surface area contributed by atoms with Gasteiger partial charge in [-0.3, -0.25) is 0 Å². The molecular formula is C26H33N5S. The van der Waals surface area contributed by atoms with Crippen molar-refractivity contribution in [2.75, 3.05) is 24.3 Å². The van der Waals surface area contributed by atoms with Gasteiger partial charge in [-0.1, -0.05) is 48.5 Å². The molecule has 0 bridgehead atoms. The van der Waals surface area contributed by atoms with Crippen LogP contribution in [0.2, 0.25) is 0 Å². The Kier molecular flexibility index (Phi) is 7.10. The van der Waals surface area contributed by atoms with Crippen molar-refractivity contribution in [2.45, 2.75) is 50.7 Å². The van der Waals surface area contributed by atoms with Crippen molar-refractivity contribution < 1.29 is 0 Å². The van der Waals surface area contributed by atoms with Gasteiger partial charge in [-0.2, -0.15) is 0 Å². The first-order valence-corrected chi connectivity index (χ1v) is 11.9. The van der Waals surface area contributed by atoms with E-state index in [1.807, 2.05) is 12.1 Å². The number of nitrogens with one attached hydrogen (secondary N) is 3. The van der Waals surface area contributed by atoms with Crippen molar-refractivity contribution >= 4 is 39.7 Å². The Morgan fingerprint density at radius 1 is 0.969 bits per heavy atom. The van der Waals surface area contributed by atoms with E-state index in [-0.39, 0.29) is 6.04 Å². The zero-order valence-electron chi connectivity index (χ0n) is 19.1. The number of hydrogen-bond acceptors (Lipinski definition) is 4. The summed E-state index contributed by atoms with van der Waals surface area (Å²) in [5.41, 5.74) is 3.46. The van der Waals surface area contributed by atoms with Gasteiger partial charge in [0.25, 0.3) is 0 Å². The van der Waals surface area contributed by atoms with Gasteiger partial charge in [-0.25, -0.2) is 4.98 Å². The molecule has 1 fully saturated rings. The van der Waals surface area contributed by atoms with Gasteiger partial charge in [0, 0.05) is 43.3 Å². The summed E-state index contributed by atoms with van der Waals surface area (Å²) in [6.07, 6.45) is 4.38. The normalized spacial score (nSPS) is 19.2. The van der Waals surface area contributed by atoms with Gasteiger partial charge in [0.15, 0.2) is 5.11 Å². The lowest BCUT2D eigenvalue weighted by molar-refractivity contribution is 0.385. The summed E-state index contributed by atoms with van der Waals surface area (Å²) in [5, 5.41) is 12.5. The van der Waals surface area contributed by atoms with Crippen LogP contribution in [-0.2, 0) is 0 Å². The highest BCUT2D eigenvalue weighted by Crippen LogP contribution is 2.29. The fourth-order valence-electron chi connectivity index (χ4n) is 4.44. The molecule has 32 heavy (non-hydrogen) atoms. The van der Waals surface area contributed by atoms with Gasteiger partial charge in [0.1, 0.15) is 5.82 Å². The van der Waals surface area contributed by atoms with Gasteiger partial charge in [0.05, 0.1) is 11.6 Å². The highest BCUT2D eigenvalue weighted by atomic mass is 32.1. The van der Waals surface area contributed by atoms with E-state index in [9.17, 15) is 0 Å². The van der Waals surface area contributed by atoms with Gasteiger partial charge >= 0.3 is 0 Å². The zero-order valence-corrected chi connectivity index (χ0v) is 20.0. The Balaban J connectivity index is 1.30. The van der Waals surface area contributed by atoms with Crippen LogP contribution in [0.4, 0.5) is 11.5 Å². The second-order valence-corrected chi connectivity index (χ2v) is 9.29. The average Bonchev–Trinajstić information content (AvgIpc) is 2.80. The summed E-state index contributed by atoms with van der Waals surface area (Å²) in [6.45, 7) is 2.14. The molecular weight excluding hydrogens is 414 g/mol. The number of thiocarbonyl (C=S) groups is 1. The van der Waals surface area contributed by atoms with Crippen molar-refractivity contribution in [3.63, 3.8) is 0 Å². The number of nitrogens with zero attached hydrogens (tertiary/aromatic N) is 2. The van der Waals surface area contributed by atoms with Crippen LogP contribution >= 0.6 is 12.2 Å². The lowest BCUT2D eigenvalue weighted by Gasteiger charge is -2.31. The van der Waals surface area contributed by atoms with E-state index in [1.54, 1.807) is 0 Å². The summed E-state index contributed by atoms with van der Waals surface area (Å²) in [6, 6.07) is 21.9. The van der Waals surface area contributed by atoms with Gasteiger partial charge < -0.3 is 20.9 Å². The van der Waals surface area contributed by atoms with Crippen LogP contribution in [0, 0.1) is 0 Å². The molecule has 0 aliphatic heterocycles. The minimum Gasteiger partial charge on any atom is -0.377 e. The predicted molar refractivity (Wildman–Crippen MR) is 139 cm³/mol. The number of benzene rings is 2. The molecule has 3 aromatic rings. The summed E-state index contributed by atoms with van der Waals surface area (Å²) in [5.74, 6) is 0.956. The lowest BCUT2D eigenvalue weighted by atomic mass is 9.91. The second-order valence-electron chi connectivity index (χ2n) is 8.88. The molecule has 1 aliphatic carbocycles. The molecule has 1 atom stereocenters. The van der Waals surface area contributed by atoms with Crippen LogP contribution in [0.15, 0.2) is 60.7 Å². The van der Waals surface area contributed by atoms with Crippen molar-refractivity contribution in [2.24, 2.45) is 0 Å². The number of anilines is 2. The maximum Gasteiger partial charge on any atom is 0.166 e. The lowest BCUT2D eigenvalue weighted by Crippen LogP contribution is -2.45. The molecule has 3 N–H and O–H groups in total. The number of hydrogen-bond donors (Lipinski definition) is 3. The number of pyridine rings is 1. The first-order chi connectivity index (χ1) is 15.5. The molecule has 1 aromatic heterocycles. The average molecular weight is 448 g/mol. The highest BCUT2D eigenvalue weighted by molar-refractivity contribution is 7.80. The summed E-state index contributed by atoms with van der Waals surface area (Å²) >= 11 is 5.58. The molecule has 1 heterocycles. The molecule has 0 unspecified atom stereocenters. The molecule has 0 spiro atoms. The number of aromatic nitrogens is 1. The molecule has 1 aliphatic rings. The van der Waals surface area contributed by atoms with Gasteiger partial charge in [0.2, 0.25) is 0 Å². The Morgan fingerprint density at radius 3 is 2.34 bits per heavy atom. The van der Waals surface area contributed by atoms with Crippen LogP contribution in [0.3, 0.4) is 0 Å². The van der Waals surface area contributed by atoms with Crippen molar-refractivity contribution in [1.82, 2.24) is 15.6 Å². The molecule has 0 saturated heterocycles. The monoisotopic (exact) mass is 447 g/mol. The third kappa shape index (κ3) is 5.49. The quantitative estimate of drug-likeness (QED) is 0.449. The third-order valence-corrected chi connectivity index (χ3v) is 6.47. The van der Waals surface area contributed by atoms with Gasteiger partial charge in [-0.15, -0.1) is 0 Å². The number of fused-ring (bicyclic) bond motifs is 1. The molecule has 2 aromatic carbocycles. The largest absolute Gasteiger partial charge is 0.377 e. The van der Waals surface area contributed by atoms with Crippen LogP contribution in [0.1, 0.15) is 44.2 Å². The molecule has 0 radical (unpaired) electrons. The minimum atomic E-state index is 0.194. The Labute approximate surface area is 196 Å². The van der Waals surface area contributed by atoms with Crippen molar-refractivity contribution in [1.29, 1.82) is 0 Å². The molecule has 168 valence electrons. The molecule has 5 nitrogen and oxygen atoms in total. The Bertz CT molecular complexity index is 1040. The summed E-state index contributed by atoms with van der Waals surface area (Å²) in [4.78, 5) is 7.01. The number of para-hydroxylation sites is 1. The maximum absolute atomic E-state index is 5.58. The molecule has 0 amide bonds. The fourth-order valence-corrected chi connectivity index (χ4v) is 4.78. The predicted octanol–water partition coefficient (Wildman–Crippen LogP) is 5.25. The van der Waals surface area contributed by atoms with E-state index >= 15 is 0 Å². The molecule has 4 rings (SSSR count). The van der Waals surface area contributed by atoms with E-state index in [0.29, 0.717) is 12.1 Å². The fraction of sp³-hybridized carbons (Fsp3) is 0.385. The topological polar surface area (TPSA) is 52.2 Å². The SMILES string of the molecule is C[C@@H](NC(=S)NC1CCC(Nc2cc(N(C)C)c3ccccc3n2)CC1)c1ccccc1. The third-order valence-electron chi connectivity index (χ3n) is 6.24. The Hall–Kier alpha value is -2.86. The maximum atomic E-state index is 5.58. The van der Waals surface area contributed by atoms with Crippen LogP contribution in [-0.4, -0.2) is 36.3 Å². The van der Waals surface area contributed by atoms with Gasteiger partial charge in [-0.05, 0) is 56.5 Å². The molecule has 6 heteroatoms. The standard InChI is InChI=1S/C26H33N5S/c1-18(19-9-5-4-6-10-19)27-26(32)29-21-15-13-20(14-16-21)28-25-17-24(31(2)3)22-11-7-8-12-23(22)30-25/h4-12,17-18,20-21H,13-16H2,1-3H3,(H,28,30)(H2,27,29,32)/t18-,20?,21?/m1/s1. The molecule has 1 saturated carbocycles. The Morgan fingerprint density at radius 2 is 1.62 bits per heavy atom. The first kappa shape index (κ1) is 22.3. The van der Waals surface area contributed by atoms with E-state index < -0.39 is 0 Å². The summed E-state index contributed by atoms with van der Waals surface area (Å²) < 4.78 is 0. The van der Waals surface area contributed by atoms with Crippen molar-refractivity contribution in [3.05, 3.63) is 66.2 Å². The second kappa shape index (κ2) is 10.2. The number of rotatable bonds is 6. The smallest absolute Gasteiger partial charge is 0.166 e.